The Morgan fingerprint density at radius 3 is 2.51 bits per heavy atom. The van der Waals surface area contributed by atoms with Gasteiger partial charge in [0.2, 0.25) is 11.8 Å². The van der Waals surface area contributed by atoms with Gasteiger partial charge in [-0.3, -0.25) is 0 Å². The molecule has 6 heterocycles. The van der Waals surface area contributed by atoms with Gasteiger partial charge >= 0.3 is 6.18 Å². The number of nitrogens with zero attached hydrogens (tertiary/aromatic N) is 6. The highest BCUT2D eigenvalue weighted by Crippen LogP contribution is 2.47. The van der Waals surface area contributed by atoms with E-state index in [1.807, 2.05) is 25.9 Å². The summed E-state index contributed by atoms with van der Waals surface area (Å²) in [7, 11) is 3.95. The standard InChI is InChI=1S/C29H33F5N8O/c1-12-19(29(32,33)34)15(8-16(35)20(12)30)22-21(31)23-18-25(39-27(38-23)41-10-28(3,11-41)40(4)5)42-9-14-6-7-17(36-14)24(42)13(2)43-26(18)37-22/h8,13-14,17,24,36H,6-7,9-11,35H2,1-5H3/t13-,14+,17-,24+/m0/s1. The second-order valence-corrected chi connectivity index (χ2v) is 12.7. The van der Waals surface area contributed by atoms with Gasteiger partial charge in [0, 0.05) is 37.3 Å². The molecule has 4 aliphatic heterocycles. The number of likely N-dealkylation sites (N-methyl/N-ethyl adjacent to an activating group) is 1. The Hall–Kier alpha value is -3.52. The minimum atomic E-state index is -5.01. The Kier molecular flexibility index (Phi) is 6.07. The van der Waals surface area contributed by atoms with E-state index in [0.717, 1.165) is 25.8 Å². The van der Waals surface area contributed by atoms with Crippen molar-refractivity contribution in [1.82, 2.24) is 25.2 Å². The third kappa shape index (κ3) is 4.12. The van der Waals surface area contributed by atoms with Gasteiger partial charge in [0.15, 0.2) is 5.82 Å². The molecule has 230 valence electrons. The normalized spacial score (nSPS) is 25.9. The summed E-state index contributed by atoms with van der Waals surface area (Å²) >= 11 is 0. The van der Waals surface area contributed by atoms with Crippen LogP contribution in [0.4, 0.5) is 39.4 Å². The van der Waals surface area contributed by atoms with E-state index < -0.39 is 52.0 Å². The van der Waals surface area contributed by atoms with Crippen LogP contribution in [0.25, 0.3) is 22.2 Å². The molecule has 3 saturated heterocycles. The fraction of sp³-hybridized carbons (Fsp3) is 0.552. The summed E-state index contributed by atoms with van der Waals surface area (Å²) in [5, 5.41) is 3.84. The average Bonchev–Trinajstić information content (AvgIpc) is 3.24. The number of hydrogen-bond acceptors (Lipinski definition) is 9. The first-order valence-electron chi connectivity index (χ1n) is 14.4. The van der Waals surface area contributed by atoms with Crippen molar-refractivity contribution >= 4 is 28.4 Å². The topological polar surface area (TPSA) is 95.7 Å². The minimum absolute atomic E-state index is 0.0684. The second kappa shape index (κ2) is 9.24. The van der Waals surface area contributed by atoms with Crippen molar-refractivity contribution in [1.29, 1.82) is 0 Å². The number of nitrogen functional groups attached to an aromatic ring is 1. The van der Waals surface area contributed by atoms with E-state index in [2.05, 4.69) is 32.0 Å². The lowest BCUT2D eigenvalue weighted by molar-refractivity contribution is -0.137. The lowest BCUT2D eigenvalue weighted by Crippen LogP contribution is -2.67. The van der Waals surface area contributed by atoms with Crippen LogP contribution in [0, 0.1) is 18.6 Å². The second-order valence-electron chi connectivity index (χ2n) is 12.7. The highest BCUT2D eigenvalue weighted by atomic mass is 19.4. The molecule has 7 rings (SSSR count). The number of hydrogen-bond donors (Lipinski definition) is 2. The number of ether oxygens (including phenoxy) is 1. The highest BCUT2D eigenvalue weighted by Gasteiger charge is 2.48. The average molecular weight is 605 g/mol. The largest absolute Gasteiger partial charge is 0.472 e. The van der Waals surface area contributed by atoms with Crippen LogP contribution in [0.1, 0.15) is 37.8 Å². The van der Waals surface area contributed by atoms with Gasteiger partial charge in [0.05, 0.1) is 22.8 Å². The molecule has 0 aliphatic carbocycles. The molecule has 0 amide bonds. The number of pyridine rings is 1. The summed E-state index contributed by atoms with van der Waals surface area (Å²) in [5.74, 6) is -1.64. The number of halogens is 5. The summed E-state index contributed by atoms with van der Waals surface area (Å²) in [6.45, 7) is 6.69. The monoisotopic (exact) mass is 604 g/mol. The third-order valence-corrected chi connectivity index (χ3v) is 9.73. The Bertz CT molecular complexity index is 1660. The molecule has 0 unspecified atom stereocenters. The molecule has 14 heteroatoms. The van der Waals surface area contributed by atoms with Crippen LogP contribution in [-0.2, 0) is 6.18 Å². The molecule has 0 saturated carbocycles. The van der Waals surface area contributed by atoms with Gasteiger partial charge in [-0.15, -0.1) is 0 Å². The van der Waals surface area contributed by atoms with Crippen LogP contribution in [0.2, 0.25) is 0 Å². The van der Waals surface area contributed by atoms with E-state index in [1.54, 1.807) is 0 Å². The molecule has 3 aromatic rings. The SMILES string of the molecule is Cc1c(F)c(N)cc(-c2nc3c4c(nc(N5CC(C)(N(C)C)C5)nc4c2F)N2C[C@H]4CC[C@H](N4)[C@H]2[C@H](C)O3)c1C(F)(F)F. The molecular formula is C29H33F5N8O. The summed E-state index contributed by atoms with van der Waals surface area (Å²) in [4.78, 5) is 20.0. The van der Waals surface area contributed by atoms with Crippen molar-refractivity contribution in [3.05, 3.63) is 28.8 Å². The van der Waals surface area contributed by atoms with Crippen molar-refractivity contribution in [3.8, 4) is 17.1 Å². The van der Waals surface area contributed by atoms with E-state index in [0.29, 0.717) is 25.5 Å². The lowest BCUT2D eigenvalue weighted by atomic mass is 9.91. The number of aromatic nitrogens is 3. The van der Waals surface area contributed by atoms with Crippen molar-refractivity contribution in [2.45, 2.75) is 69.6 Å². The van der Waals surface area contributed by atoms with Gasteiger partial charge in [-0.05, 0) is 59.3 Å². The maximum Gasteiger partial charge on any atom is 0.417 e. The van der Waals surface area contributed by atoms with Crippen LogP contribution in [0.3, 0.4) is 0 Å². The Morgan fingerprint density at radius 2 is 1.84 bits per heavy atom. The zero-order valence-corrected chi connectivity index (χ0v) is 24.5. The highest BCUT2D eigenvalue weighted by molar-refractivity contribution is 5.98. The number of benzene rings is 1. The number of alkyl halides is 3. The molecule has 9 nitrogen and oxygen atoms in total. The smallest absolute Gasteiger partial charge is 0.417 e. The number of anilines is 3. The van der Waals surface area contributed by atoms with E-state index >= 15 is 4.39 Å². The quantitative estimate of drug-likeness (QED) is 0.338. The van der Waals surface area contributed by atoms with Gasteiger partial charge in [0.1, 0.15) is 34.3 Å². The third-order valence-electron chi connectivity index (χ3n) is 9.73. The molecule has 0 spiro atoms. The molecule has 2 aromatic heterocycles. The molecule has 3 fully saturated rings. The first kappa shape index (κ1) is 28.3. The van der Waals surface area contributed by atoms with E-state index in [-0.39, 0.29) is 46.4 Å². The molecule has 4 atom stereocenters. The fourth-order valence-electron chi connectivity index (χ4n) is 7.19. The fourth-order valence-corrected chi connectivity index (χ4v) is 7.19. The summed E-state index contributed by atoms with van der Waals surface area (Å²) < 4.78 is 80.7. The van der Waals surface area contributed by atoms with Crippen LogP contribution in [-0.4, -0.2) is 83.3 Å². The van der Waals surface area contributed by atoms with Crippen molar-refractivity contribution in [2.24, 2.45) is 0 Å². The lowest BCUT2D eigenvalue weighted by Gasteiger charge is -2.52. The van der Waals surface area contributed by atoms with Crippen molar-refractivity contribution in [3.63, 3.8) is 0 Å². The first-order valence-corrected chi connectivity index (χ1v) is 14.4. The van der Waals surface area contributed by atoms with Crippen LogP contribution in [0.15, 0.2) is 6.07 Å². The van der Waals surface area contributed by atoms with Crippen LogP contribution < -0.4 is 25.6 Å². The predicted molar refractivity (Wildman–Crippen MR) is 152 cm³/mol. The van der Waals surface area contributed by atoms with Gasteiger partial charge in [-0.25, -0.2) is 18.7 Å². The Balaban J connectivity index is 1.50. The van der Waals surface area contributed by atoms with E-state index in [1.165, 1.54) is 0 Å². The molecule has 0 radical (unpaired) electrons. The number of piperazine rings is 1. The number of nitrogens with one attached hydrogen (secondary N) is 1. The Morgan fingerprint density at radius 1 is 1.12 bits per heavy atom. The number of rotatable bonds is 3. The maximum atomic E-state index is 16.7. The van der Waals surface area contributed by atoms with Gasteiger partial charge in [-0.2, -0.15) is 18.2 Å². The number of nitrogens with two attached hydrogens (primary N) is 1. The van der Waals surface area contributed by atoms with Crippen LogP contribution in [0.5, 0.6) is 5.88 Å². The minimum Gasteiger partial charge on any atom is -0.472 e. The summed E-state index contributed by atoms with van der Waals surface area (Å²) in [6, 6.07) is 0.894. The Labute approximate surface area is 245 Å². The molecular weight excluding hydrogens is 571 g/mol. The van der Waals surface area contributed by atoms with E-state index in [4.69, 9.17) is 15.5 Å². The van der Waals surface area contributed by atoms with Gasteiger partial charge in [-0.1, -0.05) is 0 Å². The van der Waals surface area contributed by atoms with Crippen molar-refractivity contribution in [2.75, 3.05) is 49.3 Å². The summed E-state index contributed by atoms with van der Waals surface area (Å²) in [6.07, 6.45) is -3.59. The molecule has 43 heavy (non-hydrogen) atoms. The van der Waals surface area contributed by atoms with Crippen LogP contribution >= 0.6 is 0 Å². The molecule has 1 aromatic carbocycles. The predicted octanol–water partition coefficient (Wildman–Crippen LogP) is 4.11. The molecule has 3 N–H and O–H groups in total. The van der Waals surface area contributed by atoms with Gasteiger partial charge in [0.25, 0.3) is 0 Å². The maximum absolute atomic E-state index is 16.7. The number of fused-ring (bicyclic) bond motifs is 5. The zero-order valence-electron chi connectivity index (χ0n) is 24.5. The first-order chi connectivity index (χ1) is 20.2. The van der Waals surface area contributed by atoms with Gasteiger partial charge < -0.3 is 30.5 Å². The van der Waals surface area contributed by atoms with Crippen molar-refractivity contribution < 1.29 is 26.7 Å². The molecule has 4 aliphatic rings. The van der Waals surface area contributed by atoms with E-state index in [9.17, 15) is 17.6 Å². The zero-order chi connectivity index (χ0) is 30.7. The summed E-state index contributed by atoms with van der Waals surface area (Å²) in [5.41, 5.74) is 1.44. The molecule has 2 bridgehead atoms.